The summed E-state index contributed by atoms with van der Waals surface area (Å²) in [5, 5.41) is 0. The molecular weight excluding hydrogens is 375 g/mol. The molecule has 3 aromatic rings. The Morgan fingerprint density at radius 1 is 1.19 bits per heavy atom. The third-order valence-electron chi connectivity index (χ3n) is 3.89. The molecule has 3 rings (SSSR count). The van der Waals surface area contributed by atoms with Gasteiger partial charge in [-0.2, -0.15) is 0 Å². The zero-order chi connectivity index (χ0) is 18.7. The van der Waals surface area contributed by atoms with E-state index in [1.807, 2.05) is 13.0 Å². The molecule has 0 amide bonds. The number of oxazole rings is 1. The number of nitrogens with zero attached hydrogens (tertiary/aromatic N) is 1. The molecule has 1 aromatic carbocycles. The summed E-state index contributed by atoms with van der Waals surface area (Å²) in [5.74, 6) is 0.686. The van der Waals surface area contributed by atoms with Crippen LogP contribution in [0.5, 0.6) is 0 Å². The topological polar surface area (TPSA) is 72.2 Å². The van der Waals surface area contributed by atoms with E-state index in [4.69, 9.17) is 4.42 Å². The van der Waals surface area contributed by atoms with Gasteiger partial charge in [0, 0.05) is 23.4 Å². The van der Waals surface area contributed by atoms with Gasteiger partial charge in [0.25, 0.3) is 0 Å². The van der Waals surface area contributed by atoms with Crippen LogP contribution in [0.3, 0.4) is 0 Å². The predicted molar refractivity (Wildman–Crippen MR) is 99.2 cm³/mol. The van der Waals surface area contributed by atoms with Gasteiger partial charge in [0.2, 0.25) is 15.9 Å². The van der Waals surface area contributed by atoms with Gasteiger partial charge in [-0.25, -0.2) is 22.5 Å². The maximum Gasteiger partial charge on any atom is 0.250 e. The standard InChI is InChI=1S/C18H19FN2O3S2/c1-3-15-8-9-17(25-15)26(22,23)20-11-10-16-12(2)24-18(21-16)13-4-6-14(19)7-5-13/h4-9,20H,3,10-11H2,1-2H3. The van der Waals surface area contributed by atoms with Crippen molar-refractivity contribution in [2.45, 2.75) is 30.9 Å². The number of aromatic nitrogens is 1. The summed E-state index contributed by atoms with van der Waals surface area (Å²) in [5.41, 5.74) is 1.35. The number of hydrogen-bond donors (Lipinski definition) is 1. The van der Waals surface area contributed by atoms with Crippen LogP contribution in [-0.2, 0) is 22.9 Å². The van der Waals surface area contributed by atoms with Gasteiger partial charge >= 0.3 is 0 Å². The van der Waals surface area contributed by atoms with Gasteiger partial charge in [-0.3, -0.25) is 0 Å². The maximum atomic E-state index is 13.0. The molecule has 1 N–H and O–H groups in total. The SMILES string of the molecule is CCc1ccc(S(=O)(=O)NCCc2nc(-c3ccc(F)cc3)oc2C)s1. The molecule has 0 atom stereocenters. The van der Waals surface area contributed by atoms with Crippen LogP contribution in [0.15, 0.2) is 45.0 Å². The fourth-order valence-electron chi connectivity index (χ4n) is 2.44. The van der Waals surface area contributed by atoms with Crippen LogP contribution < -0.4 is 4.72 Å². The number of thiophene rings is 1. The third-order valence-corrected chi connectivity index (χ3v) is 7.07. The highest BCUT2D eigenvalue weighted by molar-refractivity contribution is 7.91. The fourth-order valence-corrected chi connectivity index (χ4v) is 4.82. The van der Waals surface area contributed by atoms with Crippen LogP contribution in [0, 0.1) is 12.7 Å². The van der Waals surface area contributed by atoms with Crippen molar-refractivity contribution in [3.8, 4) is 11.5 Å². The van der Waals surface area contributed by atoms with E-state index in [0.717, 1.165) is 11.3 Å². The van der Waals surface area contributed by atoms with Crippen LogP contribution in [0.25, 0.3) is 11.5 Å². The molecule has 26 heavy (non-hydrogen) atoms. The van der Waals surface area contributed by atoms with E-state index in [0.29, 0.717) is 33.5 Å². The first kappa shape index (κ1) is 18.8. The molecule has 8 heteroatoms. The van der Waals surface area contributed by atoms with Gasteiger partial charge in [0.05, 0.1) is 5.69 Å². The lowest BCUT2D eigenvalue weighted by atomic mass is 10.2. The van der Waals surface area contributed by atoms with Crippen LogP contribution >= 0.6 is 11.3 Å². The summed E-state index contributed by atoms with van der Waals surface area (Å²) < 4.78 is 46.2. The van der Waals surface area contributed by atoms with Gasteiger partial charge in [-0.15, -0.1) is 11.3 Å². The lowest BCUT2D eigenvalue weighted by molar-refractivity contribution is 0.538. The molecule has 2 aromatic heterocycles. The highest BCUT2D eigenvalue weighted by Gasteiger charge is 2.17. The molecule has 0 bridgehead atoms. The minimum Gasteiger partial charge on any atom is -0.441 e. The molecule has 5 nitrogen and oxygen atoms in total. The summed E-state index contributed by atoms with van der Waals surface area (Å²) in [4.78, 5) is 5.43. The zero-order valence-corrected chi connectivity index (χ0v) is 16.1. The predicted octanol–water partition coefficient (Wildman–Crippen LogP) is 3.93. The highest BCUT2D eigenvalue weighted by Crippen LogP contribution is 2.23. The maximum absolute atomic E-state index is 13.0. The molecule has 0 aliphatic rings. The summed E-state index contributed by atoms with van der Waals surface area (Å²) in [6.07, 6.45) is 1.21. The van der Waals surface area contributed by atoms with Gasteiger partial charge in [0.1, 0.15) is 15.8 Å². The second-order valence-corrected chi connectivity index (χ2v) is 8.91. The molecule has 0 saturated carbocycles. The fraction of sp³-hybridized carbons (Fsp3) is 0.278. The number of sulfonamides is 1. The molecule has 0 aliphatic heterocycles. The summed E-state index contributed by atoms with van der Waals surface area (Å²) in [6, 6.07) is 9.32. The van der Waals surface area contributed by atoms with Crippen LogP contribution in [0.1, 0.15) is 23.3 Å². The summed E-state index contributed by atoms with van der Waals surface area (Å²) >= 11 is 1.28. The first-order valence-electron chi connectivity index (χ1n) is 8.19. The first-order chi connectivity index (χ1) is 12.4. The monoisotopic (exact) mass is 394 g/mol. The molecule has 138 valence electrons. The van der Waals surface area contributed by atoms with Crippen molar-refractivity contribution in [3.05, 3.63) is 58.5 Å². The number of hydrogen-bond acceptors (Lipinski definition) is 5. The van der Waals surface area contributed by atoms with E-state index >= 15 is 0 Å². The smallest absolute Gasteiger partial charge is 0.250 e. The summed E-state index contributed by atoms with van der Waals surface area (Å²) in [7, 11) is -3.51. The third kappa shape index (κ3) is 4.20. The van der Waals surface area contributed by atoms with Crippen molar-refractivity contribution in [1.82, 2.24) is 9.71 Å². The Morgan fingerprint density at radius 3 is 2.58 bits per heavy atom. The number of nitrogens with one attached hydrogen (secondary N) is 1. The molecule has 0 unspecified atom stereocenters. The average Bonchev–Trinajstić information content (AvgIpc) is 3.23. The van der Waals surface area contributed by atoms with E-state index in [1.165, 1.54) is 23.5 Å². The minimum atomic E-state index is -3.51. The number of rotatable bonds is 7. The molecule has 0 radical (unpaired) electrons. The zero-order valence-electron chi connectivity index (χ0n) is 14.5. The largest absolute Gasteiger partial charge is 0.441 e. The molecule has 0 fully saturated rings. The highest BCUT2D eigenvalue weighted by atomic mass is 32.2. The van der Waals surface area contributed by atoms with Crippen molar-refractivity contribution >= 4 is 21.4 Å². The van der Waals surface area contributed by atoms with E-state index in [-0.39, 0.29) is 12.4 Å². The first-order valence-corrected chi connectivity index (χ1v) is 10.5. The molecule has 2 heterocycles. The quantitative estimate of drug-likeness (QED) is 0.659. The van der Waals surface area contributed by atoms with Gasteiger partial charge < -0.3 is 4.42 Å². The second-order valence-electron chi connectivity index (χ2n) is 5.75. The summed E-state index contributed by atoms with van der Waals surface area (Å²) in [6.45, 7) is 3.98. The van der Waals surface area contributed by atoms with Crippen LogP contribution in [0.2, 0.25) is 0 Å². The van der Waals surface area contributed by atoms with E-state index in [1.54, 1.807) is 25.1 Å². The van der Waals surface area contributed by atoms with Crippen molar-refractivity contribution in [1.29, 1.82) is 0 Å². The van der Waals surface area contributed by atoms with Crippen molar-refractivity contribution in [2.24, 2.45) is 0 Å². The van der Waals surface area contributed by atoms with Gasteiger partial charge in [-0.05, 0) is 49.7 Å². The molecule has 0 saturated heterocycles. The Bertz CT molecular complexity index is 992. The Kier molecular flexibility index (Phi) is 5.55. The van der Waals surface area contributed by atoms with E-state index in [9.17, 15) is 12.8 Å². The Labute approximate surface area is 156 Å². The van der Waals surface area contributed by atoms with Gasteiger partial charge in [-0.1, -0.05) is 6.92 Å². The normalized spacial score (nSPS) is 11.8. The van der Waals surface area contributed by atoms with Crippen LogP contribution in [0.4, 0.5) is 4.39 Å². The minimum absolute atomic E-state index is 0.220. The van der Waals surface area contributed by atoms with Crippen molar-refractivity contribution in [2.75, 3.05) is 6.54 Å². The number of aryl methyl sites for hydroxylation is 2. The lowest BCUT2D eigenvalue weighted by Crippen LogP contribution is -2.25. The Balaban J connectivity index is 1.65. The number of benzene rings is 1. The number of halogens is 1. The van der Waals surface area contributed by atoms with Crippen LogP contribution in [-0.4, -0.2) is 19.9 Å². The van der Waals surface area contributed by atoms with Crippen molar-refractivity contribution in [3.63, 3.8) is 0 Å². The van der Waals surface area contributed by atoms with E-state index in [2.05, 4.69) is 9.71 Å². The van der Waals surface area contributed by atoms with E-state index < -0.39 is 10.0 Å². The Morgan fingerprint density at radius 2 is 1.92 bits per heavy atom. The molecular formula is C18H19FN2O3S2. The van der Waals surface area contributed by atoms with Crippen molar-refractivity contribution < 1.29 is 17.2 Å². The van der Waals surface area contributed by atoms with Gasteiger partial charge in [0.15, 0.2) is 0 Å². The average molecular weight is 394 g/mol. The molecule has 0 aliphatic carbocycles. The molecule has 0 spiro atoms. The Hall–Kier alpha value is -2.03. The second kappa shape index (κ2) is 7.69. The lowest BCUT2D eigenvalue weighted by Gasteiger charge is -2.03.